The van der Waals surface area contributed by atoms with E-state index in [2.05, 4.69) is 24.7 Å². The molecule has 0 aliphatic carbocycles. The van der Waals surface area contributed by atoms with E-state index in [1.807, 2.05) is 0 Å². The van der Waals surface area contributed by atoms with Gasteiger partial charge >= 0.3 is 0 Å². The van der Waals surface area contributed by atoms with Gasteiger partial charge in [0, 0.05) is 31.8 Å². The molecule has 0 atom stereocenters. The fraction of sp³-hybridized carbons (Fsp3) is 0.353. The van der Waals surface area contributed by atoms with Crippen LogP contribution < -0.4 is 9.62 Å². The van der Waals surface area contributed by atoms with Gasteiger partial charge in [-0.3, -0.25) is 10.1 Å². The maximum Gasteiger partial charge on any atom is 0.269 e. The molecule has 1 aliphatic heterocycles. The number of morpholine rings is 1. The number of fused-ring (bicyclic) bond motifs is 1. The van der Waals surface area contributed by atoms with E-state index < -0.39 is 14.9 Å². The number of nitrogens with zero attached hydrogens (tertiary/aromatic N) is 6. The van der Waals surface area contributed by atoms with Crippen LogP contribution in [0.4, 0.5) is 11.5 Å². The second-order valence-electron chi connectivity index (χ2n) is 6.55. The van der Waals surface area contributed by atoms with Crippen LogP contribution in [0, 0.1) is 10.1 Å². The summed E-state index contributed by atoms with van der Waals surface area (Å²) in [5.41, 5.74) is 0.439. The summed E-state index contributed by atoms with van der Waals surface area (Å²) in [6, 6.07) is 4.70. The van der Waals surface area contributed by atoms with Crippen LogP contribution in [-0.2, 0) is 21.3 Å². The quantitative estimate of drug-likeness (QED) is 0.417. The van der Waals surface area contributed by atoms with E-state index in [1.165, 1.54) is 18.5 Å². The molecule has 13 heteroatoms. The van der Waals surface area contributed by atoms with Crippen molar-refractivity contribution in [3.8, 4) is 0 Å². The van der Waals surface area contributed by atoms with Gasteiger partial charge in [-0.2, -0.15) is 5.10 Å². The van der Waals surface area contributed by atoms with Crippen molar-refractivity contribution in [3.05, 3.63) is 46.9 Å². The van der Waals surface area contributed by atoms with Crippen LogP contribution in [-0.4, -0.2) is 65.9 Å². The summed E-state index contributed by atoms with van der Waals surface area (Å²) in [5, 5.41) is 15.8. The highest BCUT2D eigenvalue weighted by atomic mass is 32.2. The van der Waals surface area contributed by atoms with Gasteiger partial charge in [0.05, 0.1) is 41.2 Å². The van der Waals surface area contributed by atoms with Crippen molar-refractivity contribution < 1.29 is 18.1 Å². The minimum absolute atomic E-state index is 0.0460. The maximum atomic E-state index is 12.4. The van der Waals surface area contributed by atoms with Crippen molar-refractivity contribution in [2.75, 3.05) is 37.7 Å². The monoisotopic (exact) mass is 433 g/mol. The summed E-state index contributed by atoms with van der Waals surface area (Å²) in [6.07, 6.45) is 3.14. The Morgan fingerprint density at radius 1 is 1.17 bits per heavy atom. The molecule has 0 unspecified atom stereocenters. The molecule has 158 valence electrons. The van der Waals surface area contributed by atoms with Gasteiger partial charge < -0.3 is 9.64 Å². The number of benzene rings is 1. The van der Waals surface area contributed by atoms with E-state index in [1.54, 1.807) is 10.9 Å². The molecule has 2 aromatic heterocycles. The van der Waals surface area contributed by atoms with Gasteiger partial charge in [-0.25, -0.2) is 27.8 Å². The number of hydrogen-bond acceptors (Lipinski definition) is 9. The lowest BCUT2D eigenvalue weighted by Crippen LogP contribution is -2.36. The molecule has 0 saturated carbocycles. The van der Waals surface area contributed by atoms with Crippen molar-refractivity contribution in [1.82, 2.24) is 24.5 Å². The Bertz CT molecular complexity index is 1160. The van der Waals surface area contributed by atoms with Gasteiger partial charge in [0.15, 0.2) is 5.65 Å². The minimum atomic E-state index is -3.80. The molecule has 1 aliphatic rings. The first-order valence-electron chi connectivity index (χ1n) is 9.19. The van der Waals surface area contributed by atoms with E-state index in [4.69, 9.17) is 4.74 Å². The second kappa shape index (κ2) is 8.30. The molecule has 1 N–H and O–H groups in total. The number of sulfonamides is 1. The Morgan fingerprint density at radius 2 is 1.90 bits per heavy atom. The summed E-state index contributed by atoms with van der Waals surface area (Å²) < 4.78 is 34.3. The number of aromatic nitrogens is 4. The summed E-state index contributed by atoms with van der Waals surface area (Å²) in [6.45, 7) is 3.05. The number of hydrogen-bond donors (Lipinski definition) is 1. The Kier molecular flexibility index (Phi) is 5.57. The van der Waals surface area contributed by atoms with E-state index in [-0.39, 0.29) is 23.7 Å². The molecular formula is C17H19N7O5S. The zero-order chi connectivity index (χ0) is 21.1. The van der Waals surface area contributed by atoms with Gasteiger partial charge in [-0.1, -0.05) is 0 Å². The van der Waals surface area contributed by atoms with Crippen LogP contribution in [0.1, 0.15) is 0 Å². The molecule has 1 fully saturated rings. The van der Waals surface area contributed by atoms with Crippen LogP contribution in [0.25, 0.3) is 11.0 Å². The normalized spacial score (nSPS) is 14.9. The highest BCUT2D eigenvalue weighted by molar-refractivity contribution is 7.89. The van der Waals surface area contributed by atoms with Gasteiger partial charge in [0.25, 0.3) is 5.69 Å². The first-order valence-corrected chi connectivity index (χ1v) is 10.7. The van der Waals surface area contributed by atoms with Crippen LogP contribution in [0.3, 0.4) is 0 Å². The van der Waals surface area contributed by atoms with Crippen LogP contribution >= 0.6 is 0 Å². The number of anilines is 1. The molecule has 0 amide bonds. The molecule has 1 aromatic carbocycles. The summed E-state index contributed by atoms with van der Waals surface area (Å²) >= 11 is 0. The lowest BCUT2D eigenvalue weighted by Gasteiger charge is -2.27. The molecule has 0 radical (unpaired) electrons. The topological polar surface area (TPSA) is 145 Å². The Hall–Kier alpha value is -3.16. The minimum Gasteiger partial charge on any atom is -0.378 e. The van der Waals surface area contributed by atoms with Gasteiger partial charge in [0.1, 0.15) is 12.1 Å². The van der Waals surface area contributed by atoms with Crippen molar-refractivity contribution in [1.29, 1.82) is 0 Å². The van der Waals surface area contributed by atoms with Crippen LogP contribution in [0.15, 0.2) is 41.7 Å². The maximum absolute atomic E-state index is 12.4. The van der Waals surface area contributed by atoms with Crippen molar-refractivity contribution in [2.24, 2.45) is 0 Å². The molecule has 30 heavy (non-hydrogen) atoms. The average Bonchev–Trinajstić information content (AvgIpc) is 3.17. The fourth-order valence-electron chi connectivity index (χ4n) is 3.19. The fourth-order valence-corrected chi connectivity index (χ4v) is 4.21. The molecule has 4 rings (SSSR count). The average molecular weight is 433 g/mol. The first-order chi connectivity index (χ1) is 14.5. The lowest BCUT2D eigenvalue weighted by atomic mass is 10.3. The second-order valence-corrected chi connectivity index (χ2v) is 8.32. The van der Waals surface area contributed by atoms with Crippen LogP contribution in [0.5, 0.6) is 0 Å². The lowest BCUT2D eigenvalue weighted by molar-refractivity contribution is -0.384. The zero-order valence-electron chi connectivity index (χ0n) is 15.8. The van der Waals surface area contributed by atoms with Gasteiger partial charge in [-0.05, 0) is 12.1 Å². The molecule has 0 spiro atoms. The molecule has 3 aromatic rings. The third kappa shape index (κ3) is 4.08. The predicted octanol–water partition coefficient (Wildman–Crippen LogP) is 0.550. The number of nitro benzene ring substituents is 1. The Morgan fingerprint density at radius 3 is 2.60 bits per heavy atom. The number of non-ortho nitro benzene ring substituents is 1. The largest absolute Gasteiger partial charge is 0.378 e. The van der Waals surface area contributed by atoms with E-state index >= 15 is 0 Å². The highest BCUT2D eigenvalue weighted by Crippen LogP contribution is 2.23. The van der Waals surface area contributed by atoms with Gasteiger partial charge in [-0.15, -0.1) is 0 Å². The number of nitro groups is 1. The summed E-state index contributed by atoms with van der Waals surface area (Å²) in [4.78, 5) is 20.8. The molecule has 3 heterocycles. The molecular weight excluding hydrogens is 414 g/mol. The number of ether oxygens (including phenoxy) is 1. The number of nitrogens with one attached hydrogen (secondary N) is 1. The van der Waals surface area contributed by atoms with Crippen molar-refractivity contribution >= 4 is 32.6 Å². The number of rotatable bonds is 7. The highest BCUT2D eigenvalue weighted by Gasteiger charge is 2.19. The molecule has 12 nitrogen and oxygen atoms in total. The zero-order valence-corrected chi connectivity index (χ0v) is 16.7. The smallest absolute Gasteiger partial charge is 0.269 e. The van der Waals surface area contributed by atoms with E-state index in [0.717, 1.165) is 36.4 Å². The van der Waals surface area contributed by atoms with E-state index in [9.17, 15) is 18.5 Å². The van der Waals surface area contributed by atoms with Crippen LogP contribution in [0.2, 0.25) is 0 Å². The van der Waals surface area contributed by atoms with E-state index in [0.29, 0.717) is 18.9 Å². The van der Waals surface area contributed by atoms with Crippen molar-refractivity contribution in [3.63, 3.8) is 0 Å². The predicted molar refractivity (Wildman–Crippen MR) is 107 cm³/mol. The summed E-state index contributed by atoms with van der Waals surface area (Å²) in [5.74, 6) is 0.779. The van der Waals surface area contributed by atoms with Gasteiger partial charge in [0.2, 0.25) is 10.0 Å². The third-order valence-electron chi connectivity index (χ3n) is 4.70. The summed E-state index contributed by atoms with van der Waals surface area (Å²) in [7, 11) is -3.80. The van der Waals surface area contributed by atoms with Crippen molar-refractivity contribution in [2.45, 2.75) is 11.4 Å². The SMILES string of the molecule is O=[N+]([O-])c1ccc(S(=O)(=O)NCCn2ncc3c(N4CCOCC4)ncnc32)cc1. The molecule has 1 saturated heterocycles. The standard InChI is InChI=1S/C17H19N7O5S/c25-24(26)13-1-3-14(4-2-13)30(27,28)21-5-6-23-17-15(11-20-23)16(18-12-19-17)22-7-9-29-10-8-22/h1-4,11-12,21H,5-10H2. The molecule has 0 bridgehead atoms. The Labute approximate surface area is 171 Å². The first kappa shape index (κ1) is 20.1. The Balaban J connectivity index is 1.45. The third-order valence-corrected chi connectivity index (χ3v) is 6.17.